The fourth-order valence-corrected chi connectivity index (χ4v) is 2.69. The first-order chi connectivity index (χ1) is 12.7. The molecule has 0 saturated carbocycles. The van der Waals surface area contributed by atoms with Gasteiger partial charge in [-0.05, 0) is 35.9 Å². The standard InChI is InChI=1S/C21H16N2O3/c1-25-16-9-6-14(7-10-16)8-11-20-23-19(21(24)26-20)12-15-13-22-18-5-3-2-4-17(15)18/h2-13,24H,1H3/b11-8+,15-12+. The number of methoxy groups -OCH3 is 1. The van der Waals surface area contributed by atoms with Gasteiger partial charge in [0.2, 0.25) is 5.89 Å². The molecule has 0 fully saturated rings. The van der Waals surface area contributed by atoms with Gasteiger partial charge in [-0.25, -0.2) is 4.98 Å². The fraction of sp³-hybridized carbons (Fsp3) is 0.0476. The Labute approximate surface area is 150 Å². The van der Waals surface area contributed by atoms with Crippen LogP contribution in [0.1, 0.15) is 22.7 Å². The molecule has 2 heterocycles. The number of fused-ring (bicyclic) bond motifs is 1. The van der Waals surface area contributed by atoms with Crippen molar-refractivity contribution < 1.29 is 14.3 Å². The zero-order valence-electron chi connectivity index (χ0n) is 14.1. The van der Waals surface area contributed by atoms with Crippen molar-refractivity contribution in [2.75, 3.05) is 7.11 Å². The van der Waals surface area contributed by atoms with Crippen molar-refractivity contribution >= 4 is 35.7 Å². The summed E-state index contributed by atoms with van der Waals surface area (Å²) >= 11 is 0. The van der Waals surface area contributed by atoms with Crippen molar-refractivity contribution in [3.8, 4) is 11.7 Å². The van der Waals surface area contributed by atoms with Crippen molar-refractivity contribution in [2.24, 2.45) is 4.99 Å². The number of ether oxygens (including phenoxy) is 1. The highest BCUT2D eigenvalue weighted by atomic mass is 16.5. The van der Waals surface area contributed by atoms with E-state index in [9.17, 15) is 5.11 Å². The molecule has 5 nitrogen and oxygen atoms in total. The molecule has 0 bridgehead atoms. The molecular weight excluding hydrogens is 328 g/mol. The van der Waals surface area contributed by atoms with Crippen LogP contribution in [0.3, 0.4) is 0 Å². The molecule has 26 heavy (non-hydrogen) atoms. The van der Waals surface area contributed by atoms with Gasteiger partial charge in [-0.15, -0.1) is 0 Å². The molecule has 0 saturated heterocycles. The zero-order valence-corrected chi connectivity index (χ0v) is 14.1. The molecule has 0 spiro atoms. The van der Waals surface area contributed by atoms with Gasteiger partial charge in [0.15, 0.2) is 0 Å². The van der Waals surface area contributed by atoms with Gasteiger partial charge in [0.1, 0.15) is 11.4 Å². The molecule has 1 aliphatic heterocycles. The van der Waals surface area contributed by atoms with Crippen LogP contribution in [-0.2, 0) is 0 Å². The fourth-order valence-electron chi connectivity index (χ4n) is 2.69. The first-order valence-electron chi connectivity index (χ1n) is 8.10. The third kappa shape index (κ3) is 3.15. The summed E-state index contributed by atoms with van der Waals surface area (Å²) in [5, 5.41) is 10.0. The zero-order chi connectivity index (χ0) is 17.9. The van der Waals surface area contributed by atoms with Crippen LogP contribution in [0, 0.1) is 0 Å². The number of allylic oxidation sites excluding steroid dienone is 1. The van der Waals surface area contributed by atoms with E-state index >= 15 is 0 Å². The normalized spacial score (nSPS) is 14.3. The Kier molecular flexibility index (Phi) is 4.11. The van der Waals surface area contributed by atoms with E-state index in [1.807, 2.05) is 54.6 Å². The maximum atomic E-state index is 10.0. The first-order valence-corrected chi connectivity index (χ1v) is 8.10. The third-order valence-electron chi connectivity index (χ3n) is 4.04. The quantitative estimate of drug-likeness (QED) is 0.737. The van der Waals surface area contributed by atoms with Crippen LogP contribution < -0.4 is 4.74 Å². The Bertz CT molecular complexity index is 1030. The second kappa shape index (κ2) is 6.72. The average Bonchev–Trinajstić information content (AvgIpc) is 3.24. The summed E-state index contributed by atoms with van der Waals surface area (Å²) in [6.07, 6.45) is 7.08. The van der Waals surface area contributed by atoms with Crippen molar-refractivity contribution in [1.82, 2.24) is 4.98 Å². The Morgan fingerprint density at radius 3 is 2.65 bits per heavy atom. The number of aliphatic imine (C=N–C) groups is 1. The van der Waals surface area contributed by atoms with Crippen LogP contribution in [0.5, 0.6) is 11.7 Å². The molecule has 0 atom stereocenters. The molecule has 128 valence electrons. The highest BCUT2D eigenvalue weighted by Gasteiger charge is 2.14. The molecule has 0 radical (unpaired) electrons. The van der Waals surface area contributed by atoms with Gasteiger partial charge in [-0.3, -0.25) is 4.99 Å². The van der Waals surface area contributed by atoms with E-state index in [4.69, 9.17) is 9.15 Å². The maximum absolute atomic E-state index is 10.0. The number of rotatable bonds is 4. The second-order valence-electron chi connectivity index (χ2n) is 5.72. The summed E-state index contributed by atoms with van der Waals surface area (Å²) in [4.78, 5) is 8.67. The molecule has 2 aromatic carbocycles. The molecule has 5 heteroatoms. The topological polar surface area (TPSA) is 67.9 Å². The molecule has 0 aliphatic carbocycles. The van der Waals surface area contributed by atoms with Crippen molar-refractivity contribution in [2.45, 2.75) is 0 Å². The van der Waals surface area contributed by atoms with Crippen LogP contribution >= 0.6 is 0 Å². The number of para-hydroxylation sites is 1. The largest absolute Gasteiger partial charge is 0.497 e. The van der Waals surface area contributed by atoms with Gasteiger partial charge in [0.05, 0.1) is 12.8 Å². The SMILES string of the molecule is COc1ccc(/C=C/c2nc(/C=C3\C=Nc4ccccc43)c(O)o2)cc1. The average molecular weight is 344 g/mol. The number of hydrogen-bond donors (Lipinski definition) is 1. The smallest absolute Gasteiger partial charge is 0.310 e. The molecule has 4 rings (SSSR count). The van der Waals surface area contributed by atoms with E-state index in [2.05, 4.69) is 9.98 Å². The number of aromatic nitrogens is 1. The first kappa shape index (κ1) is 15.9. The minimum Gasteiger partial charge on any atom is -0.497 e. The van der Waals surface area contributed by atoms with Crippen LogP contribution in [0.4, 0.5) is 5.69 Å². The summed E-state index contributed by atoms with van der Waals surface area (Å²) in [6.45, 7) is 0. The van der Waals surface area contributed by atoms with Crippen molar-refractivity contribution in [3.05, 3.63) is 71.2 Å². The number of nitrogens with zero attached hydrogens (tertiary/aromatic N) is 2. The van der Waals surface area contributed by atoms with Gasteiger partial charge in [0, 0.05) is 23.4 Å². The minimum atomic E-state index is -0.218. The van der Waals surface area contributed by atoms with Gasteiger partial charge in [-0.2, -0.15) is 0 Å². The molecule has 0 unspecified atom stereocenters. The van der Waals surface area contributed by atoms with Crippen molar-refractivity contribution in [1.29, 1.82) is 0 Å². The summed E-state index contributed by atoms with van der Waals surface area (Å²) < 4.78 is 10.5. The van der Waals surface area contributed by atoms with Crippen LogP contribution in [-0.4, -0.2) is 23.4 Å². The van der Waals surface area contributed by atoms with E-state index in [0.29, 0.717) is 11.6 Å². The Balaban J connectivity index is 1.57. The minimum absolute atomic E-state index is 0.218. The summed E-state index contributed by atoms with van der Waals surface area (Å²) in [5.41, 5.74) is 4.14. The maximum Gasteiger partial charge on any atom is 0.310 e. The van der Waals surface area contributed by atoms with E-state index in [1.165, 1.54) is 0 Å². The molecular formula is C21H16N2O3. The van der Waals surface area contributed by atoms with E-state index in [1.54, 1.807) is 25.5 Å². The monoisotopic (exact) mass is 344 g/mol. The van der Waals surface area contributed by atoms with Crippen LogP contribution in [0.15, 0.2) is 57.9 Å². The van der Waals surface area contributed by atoms with E-state index < -0.39 is 0 Å². The lowest BCUT2D eigenvalue weighted by Gasteiger charge is -1.98. The van der Waals surface area contributed by atoms with E-state index in [-0.39, 0.29) is 5.95 Å². The lowest BCUT2D eigenvalue weighted by Crippen LogP contribution is -1.82. The molecule has 1 aliphatic rings. The number of hydrogen-bond acceptors (Lipinski definition) is 5. The summed E-state index contributed by atoms with van der Waals surface area (Å²) in [6, 6.07) is 15.4. The Morgan fingerprint density at radius 1 is 1.04 bits per heavy atom. The number of oxazole rings is 1. The predicted octanol–water partition coefficient (Wildman–Crippen LogP) is 4.82. The summed E-state index contributed by atoms with van der Waals surface area (Å²) in [7, 11) is 1.63. The van der Waals surface area contributed by atoms with Crippen LogP contribution in [0.2, 0.25) is 0 Å². The van der Waals surface area contributed by atoms with E-state index in [0.717, 1.165) is 28.1 Å². The highest BCUT2D eigenvalue weighted by molar-refractivity contribution is 6.21. The lowest BCUT2D eigenvalue weighted by molar-refractivity contribution is 0.328. The van der Waals surface area contributed by atoms with Crippen molar-refractivity contribution in [3.63, 3.8) is 0 Å². The lowest BCUT2D eigenvalue weighted by atomic mass is 10.1. The van der Waals surface area contributed by atoms with Crippen LogP contribution in [0.25, 0.3) is 23.8 Å². The number of benzene rings is 2. The summed E-state index contributed by atoms with van der Waals surface area (Å²) in [5.74, 6) is 0.904. The Morgan fingerprint density at radius 2 is 1.85 bits per heavy atom. The van der Waals surface area contributed by atoms with Gasteiger partial charge in [-0.1, -0.05) is 30.3 Å². The van der Waals surface area contributed by atoms with Gasteiger partial charge >= 0.3 is 5.95 Å². The molecule has 1 N–H and O–H groups in total. The Hall–Kier alpha value is -3.60. The second-order valence-corrected chi connectivity index (χ2v) is 5.72. The third-order valence-corrected chi connectivity index (χ3v) is 4.04. The predicted molar refractivity (Wildman–Crippen MR) is 103 cm³/mol. The number of aromatic hydroxyl groups is 1. The highest BCUT2D eigenvalue weighted by Crippen LogP contribution is 2.33. The molecule has 0 amide bonds. The molecule has 1 aromatic heterocycles. The van der Waals surface area contributed by atoms with Gasteiger partial charge < -0.3 is 14.3 Å². The van der Waals surface area contributed by atoms with Gasteiger partial charge in [0.25, 0.3) is 0 Å². The molecule has 3 aromatic rings.